The van der Waals surface area contributed by atoms with E-state index in [9.17, 15) is 32.8 Å². The number of nitrogens with one attached hydrogen (secondary N) is 4. The Bertz CT molecular complexity index is 1270. The first-order valence-electron chi connectivity index (χ1n) is 17.3. The molecule has 15 heteroatoms. The van der Waals surface area contributed by atoms with Crippen molar-refractivity contribution in [3.63, 3.8) is 0 Å². The SMILES string of the molecule is CC(C)C[C@H](NC(=O)[C@H](CCc1ccccc1)NC(=O)CN1CCOCC1)C(=O)N[C@@H](COC(F)F)C(=O)N[C@@H](CC(C)C)C(=O)[C@@]1(C)CO1. The number of morpholine rings is 1. The number of ether oxygens (including phenoxy) is 3. The number of hydrogen-bond donors (Lipinski definition) is 4. The highest BCUT2D eigenvalue weighted by molar-refractivity contribution is 5.98. The molecule has 2 heterocycles. The van der Waals surface area contributed by atoms with E-state index in [0.29, 0.717) is 32.7 Å². The van der Waals surface area contributed by atoms with E-state index >= 15 is 0 Å². The van der Waals surface area contributed by atoms with Crippen molar-refractivity contribution in [2.75, 3.05) is 46.1 Å². The quantitative estimate of drug-likeness (QED) is 0.139. The van der Waals surface area contributed by atoms with Crippen molar-refractivity contribution in [1.82, 2.24) is 26.2 Å². The summed E-state index contributed by atoms with van der Waals surface area (Å²) in [5, 5.41) is 10.6. The van der Waals surface area contributed by atoms with Crippen molar-refractivity contribution in [2.24, 2.45) is 11.8 Å². The number of ketones is 1. The summed E-state index contributed by atoms with van der Waals surface area (Å²) in [6.07, 6.45) is 1.10. The van der Waals surface area contributed by atoms with Crippen LogP contribution in [0.2, 0.25) is 0 Å². The molecule has 0 bridgehead atoms. The lowest BCUT2D eigenvalue weighted by atomic mass is 9.93. The molecule has 2 aliphatic rings. The number of nitrogens with zero attached hydrogens (tertiary/aromatic N) is 1. The number of amides is 4. The predicted octanol–water partition coefficient (Wildman–Crippen LogP) is 1.58. The molecule has 0 radical (unpaired) electrons. The Morgan fingerprint density at radius 2 is 1.36 bits per heavy atom. The van der Waals surface area contributed by atoms with Gasteiger partial charge in [0.15, 0.2) is 5.78 Å². The lowest BCUT2D eigenvalue weighted by Crippen LogP contribution is -2.59. The largest absolute Gasteiger partial charge is 0.379 e. The number of halogens is 2. The summed E-state index contributed by atoms with van der Waals surface area (Å²) in [5.41, 5.74) is -0.0969. The average molecular weight is 710 g/mol. The van der Waals surface area contributed by atoms with Gasteiger partial charge in [-0.05, 0) is 50.0 Å². The number of carbonyl (C=O) groups is 5. The molecule has 2 saturated heterocycles. The number of hydrogen-bond acceptors (Lipinski definition) is 9. The van der Waals surface area contributed by atoms with Gasteiger partial charge in [-0.3, -0.25) is 28.9 Å². The standard InChI is InChI=1S/C35H53F2N5O8/c1-22(2)17-26(30(44)35(5)21-50-35)39-33(47)28(20-49-34(36)37)41-32(46)27(18-23(3)4)40-31(45)25(12-11-24-9-7-6-8-10-24)38-29(43)19-42-13-15-48-16-14-42/h6-10,22-23,25-28,34H,11-21H2,1-5H3,(H,38,43)(H,39,47)(H,40,45)(H,41,46)/t25-,26-,27-,28-,35+/m0/s1. The molecule has 13 nitrogen and oxygen atoms in total. The maximum Gasteiger partial charge on any atom is 0.345 e. The first-order valence-corrected chi connectivity index (χ1v) is 17.3. The van der Waals surface area contributed by atoms with Gasteiger partial charge in [-0.15, -0.1) is 0 Å². The van der Waals surface area contributed by atoms with E-state index in [-0.39, 0.29) is 55.9 Å². The number of benzene rings is 1. The molecule has 2 aliphatic heterocycles. The van der Waals surface area contributed by atoms with Gasteiger partial charge in [0.2, 0.25) is 23.6 Å². The molecule has 50 heavy (non-hydrogen) atoms. The van der Waals surface area contributed by atoms with Crippen LogP contribution in [0, 0.1) is 11.8 Å². The zero-order valence-electron chi connectivity index (χ0n) is 29.7. The minimum absolute atomic E-state index is 0.00760. The van der Waals surface area contributed by atoms with Gasteiger partial charge in [0, 0.05) is 13.1 Å². The first kappa shape index (κ1) is 40.9. The van der Waals surface area contributed by atoms with E-state index in [1.807, 2.05) is 62.9 Å². The number of rotatable bonds is 21. The summed E-state index contributed by atoms with van der Waals surface area (Å²) in [4.78, 5) is 68.9. The minimum Gasteiger partial charge on any atom is -0.379 e. The Labute approximate surface area is 292 Å². The highest BCUT2D eigenvalue weighted by Crippen LogP contribution is 2.29. The van der Waals surface area contributed by atoms with E-state index in [1.54, 1.807) is 6.92 Å². The molecule has 0 unspecified atom stereocenters. The Balaban J connectivity index is 1.76. The Morgan fingerprint density at radius 1 is 0.820 bits per heavy atom. The molecule has 0 aromatic heterocycles. The van der Waals surface area contributed by atoms with Crippen LogP contribution in [0.3, 0.4) is 0 Å². The summed E-state index contributed by atoms with van der Waals surface area (Å²) < 4.78 is 41.3. The molecular formula is C35H53F2N5O8. The molecule has 0 spiro atoms. The lowest BCUT2D eigenvalue weighted by molar-refractivity contribution is -0.149. The first-order chi connectivity index (χ1) is 23.7. The zero-order chi connectivity index (χ0) is 36.8. The zero-order valence-corrected chi connectivity index (χ0v) is 29.7. The van der Waals surface area contributed by atoms with E-state index < -0.39 is 60.7 Å². The molecule has 5 atom stereocenters. The smallest absolute Gasteiger partial charge is 0.345 e. The van der Waals surface area contributed by atoms with E-state index in [0.717, 1.165) is 5.56 Å². The number of carbonyl (C=O) groups excluding carboxylic acids is 5. The third-order valence-electron chi connectivity index (χ3n) is 8.49. The fourth-order valence-electron chi connectivity index (χ4n) is 5.62. The minimum atomic E-state index is -3.23. The van der Waals surface area contributed by atoms with Crippen LogP contribution in [0.15, 0.2) is 30.3 Å². The van der Waals surface area contributed by atoms with Crippen molar-refractivity contribution in [3.05, 3.63) is 35.9 Å². The van der Waals surface area contributed by atoms with Gasteiger partial charge in [0.1, 0.15) is 23.7 Å². The number of aryl methyl sites for hydroxylation is 1. The summed E-state index contributed by atoms with van der Waals surface area (Å²) in [6, 6.07) is 4.64. The van der Waals surface area contributed by atoms with Crippen molar-refractivity contribution >= 4 is 29.4 Å². The molecule has 4 amide bonds. The van der Waals surface area contributed by atoms with Crippen LogP contribution in [0.1, 0.15) is 59.4 Å². The van der Waals surface area contributed by atoms with Gasteiger partial charge >= 0.3 is 6.61 Å². The normalized spacial score (nSPS) is 20.1. The van der Waals surface area contributed by atoms with Gasteiger partial charge in [0.25, 0.3) is 0 Å². The van der Waals surface area contributed by atoms with Crippen LogP contribution >= 0.6 is 0 Å². The molecule has 1 aromatic carbocycles. The molecule has 0 aliphatic carbocycles. The highest BCUT2D eigenvalue weighted by atomic mass is 19.3. The van der Waals surface area contributed by atoms with Crippen molar-refractivity contribution in [1.29, 1.82) is 0 Å². The Hall–Kier alpha value is -3.53. The van der Waals surface area contributed by atoms with Crippen LogP contribution in [0.4, 0.5) is 8.78 Å². The van der Waals surface area contributed by atoms with Crippen molar-refractivity contribution in [3.8, 4) is 0 Å². The number of Topliss-reactive ketones (excluding diaryl/α,β-unsaturated/α-hetero) is 1. The van der Waals surface area contributed by atoms with Crippen LogP contribution in [0.25, 0.3) is 0 Å². The van der Waals surface area contributed by atoms with E-state index in [2.05, 4.69) is 26.0 Å². The summed E-state index contributed by atoms with van der Waals surface area (Å²) >= 11 is 0. The van der Waals surface area contributed by atoms with Crippen molar-refractivity contribution in [2.45, 2.75) is 96.7 Å². The highest BCUT2D eigenvalue weighted by Gasteiger charge is 2.50. The van der Waals surface area contributed by atoms with Crippen LogP contribution in [-0.4, -0.2) is 117 Å². The number of epoxide rings is 1. The molecule has 1 aromatic rings. The van der Waals surface area contributed by atoms with Gasteiger partial charge in [-0.25, -0.2) is 0 Å². The second-order valence-corrected chi connectivity index (χ2v) is 14.0. The average Bonchev–Trinajstić information content (AvgIpc) is 3.82. The summed E-state index contributed by atoms with van der Waals surface area (Å²) in [6.45, 7) is 7.29. The second-order valence-electron chi connectivity index (χ2n) is 14.0. The molecule has 3 rings (SSSR count). The Kier molecular flexibility index (Phi) is 16.2. The molecule has 4 N–H and O–H groups in total. The van der Waals surface area contributed by atoms with Gasteiger partial charge in [-0.2, -0.15) is 8.78 Å². The lowest BCUT2D eigenvalue weighted by Gasteiger charge is -2.29. The fraction of sp³-hybridized carbons (Fsp3) is 0.686. The molecular weight excluding hydrogens is 656 g/mol. The summed E-state index contributed by atoms with van der Waals surface area (Å²) in [5.74, 6) is -3.15. The van der Waals surface area contributed by atoms with E-state index in [1.165, 1.54) is 0 Å². The van der Waals surface area contributed by atoms with E-state index in [4.69, 9.17) is 9.47 Å². The summed E-state index contributed by atoms with van der Waals surface area (Å²) in [7, 11) is 0. The van der Waals surface area contributed by atoms with Gasteiger partial charge < -0.3 is 35.5 Å². The van der Waals surface area contributed by atoms with Crippen LogP contribution < -0.4 is 21.3 Å². The third kappa shape index (κ3) is 14.0. The second kappa shape index (κ2) is 19.8. The third-order valence-corrected chi connectivity index (χ3v) is 8.49. The maximum absolute atomic E-state index is 13.8. The van der Waals surface area contributed by atoms with Crippen LogP contribution in [0.5, 0.6) is 0 Å². The topological polar surface area (TPSA) is 168 Å². The van der Waals surface area contributed by atoms with Crippen LogP contribution in [-0.2, 0) is 44.6 Å². The fourth-order valence-corrected chi connectivity index (χ4v) is 5.62. The predicted molar refractivity (Wildman–Crippen MR) is 180 cm³/mol. The molecule has 0 saturated carbocycles. The van der Waals surface area contributed by atoms with Crippen molar-refractivity contribution < 1.29 is 47.0 Å². The number of alkyl halides is 2. The Morgan fingerprint density at radius 3 is 1.94 bits per heavy atom. The van der Waals surface area contributed by atoms with Gasteiger partial charge in [-0.1, -0.05) is 58.0 Å². The monoisotopic (exact) mass is 709 g/mol. The van der Waals surface area contributed by atoms with Gasteiger partial charge in [0.05, 0.1) is 39.0 Å². The maximum atomic E-state index is 13.8. The molecule has 280 valence electrons. The molecule has 2 fully saturated rings.